The Morgan fingerprint density at radius 2 is 1.84 bits per heavy atom. The first-order valence-corrected chi connectivity index (χ1v) is 8.08. The summed E-state index contributed by atoms with van der Waals surface area (Å²) in [4.78, 5) is 24.1. The molecule has 2 rings (SSSR count). The molecule has 0 spiro atoms. The number of carbonyl (C=O) groups excluding carboxylic acids is 2. The van der Waals surface area contributed by atoms with E-state index in [2.05, 4.69) is 5.32 Å². The number of hydrogen-bond donors (Lipinski definition) is 1. The van der Waals surface area contributed by atoms with Crippen LogP contribution in [0.1, 0.15) is 40.0 Å². The van der Waals surface area contributed by atoms with Gasteiger partial charge in [0.2, 0.25) is 0 Å². The molecule has 2 aromatic rings. The Kier molecular flexibility index (Phi) is 6.17. The predicted octanol–water partition coefficient (Wildman–Crippen LogP) is 3.35. The van der Waals surface area contributed by atoms with Crippen LogP contribution < -0.4 is 10.1 Å². The highest BCUT2D eigenvalue weighted by atomic mass is 16.5. The topological polar surface area (TPSA) is 64.6 Å². The zero-order valence-corrected chi connectivity index (χ0v) is 15.0. The molecule has 1 N–H and O–H groups in total. The van der Waals surface area contributed by atoms with Crippen molar-refractivity contribution in [3.05, 3.63) is 64.7 Å². The molecule has 132 valence electrons. The number of amides is 1. The van der Waals surface area contributed by atoms with Gasteiger partial charge in [-0.3, -0.25) is 4.79 Å². The molecular formula is C20H23NO4. The largest absolute Gasteiger partial charge is 0.497 e. The lowest BCUT2D eigenvalue weighted by Gasteiger charge is -2.15. The molecule has 1 amide bonds. The average molecular weight is 341 g/mol. The van der Waals surface area contributed by atoms with Gasteiger partial charge >= 0.3 is 5.97 Å². The van der Waals surface area contributed by atoms with Gasteiger partial charge in [0.05, 0.1) is 18.7 Å². The van der Waals surface area contributed by atoms with Crippen molar-refractivity contribution in [1.82, 2.24) is 5.32 Å². The molecule has 1 atom stereocenters. The molecule has 0 saturated carbocycles. The SMILES string of the molecule is COc1cccc([C@H](C)NC(=O)COC(=O)c2ccc(C)c(C)c2)c1. The number of carbonyl (C=O) groups is 2. The van der Waals surface area contributed by atoms with Gasteiger partial charge in [-0.05, 0) is 61.7 Å². The number of esters is 1. The molecule has 0 radical (unpaired) electrons. The summed E-state index contributed by atoms with van der Waals surface area (Å²) in [5.74, 6) is -0.139. The summed E-state index contributed by atoms with van der Waals surface area (Å²) in [7, 11) is 1.59. The lowest BCUT2D eigenvalue weighted by Crippen LogP contribution is -2.31. The Morgan fingerprint density at radius 1 is 1.08 bits per heavy atom. The van der Waals surface area contributed by atoms with E-state index >= 15 is 0 Å². The summed E-state index contributed by atoms with van der Waals surface area (Å²) in [6.07, 6.45) is 0. The second-order valence-corrected chi connectivity index (χ2v) is 5.94. The van der Waals surface area contributed by atoms with E-state index in [1.807, 2.05) is 51.1 Å². The lowest BCUT2D eigenvalue weighted by atomic mass is 10.1. The maximum absolute atomic E-state index is 12.0. The van der Waals surface area contributed by atoms with Gasteiger partial charge in [0, 0.05) is 0 Å². The second kappa shape index (κ2) is 8.33. The van der Waals surface area contributed by atoms with E-state index in [4.69, 9.17) is 9.47 Å². The minimum Gasteiger partial charge on any atom is -0.497 e. The van der Waals surface area contributed by atoms with Crippen molar-refractivity contribution in [2.75, 3.05) is 13.7 Å². The molecule has 0 fully saturated rings. The summed E-state index contributed by atoms with van der Waals surface area (Å²) in [6.45, 7) is 5.43. The monoisotopic (exact) mass is 341 g/mol. The summed E-state index contributed by atoms with van der Waals surface area (Å²) >= 11 is 0. The summed E-state index contributed by atoms with van der Waals surface area (Å²) in [6, 6.07) is 12.5. The average Bonchev–Trinajstić information content (AvgIpc) is 2.62. The van der Waals surface area contributed by atoms with Crippen LogP contribution in [-0.2, 0) is 9.53 Å². The summed E-state index contributed by atoms with van der Waals surface area (Å²) in [5.41, 5.74) is 3.46. The van der Waals surface area contributed by atoms with Crippen molar-refractivity contribution in [2.45, 2.75) is 26.8 Å². The second-order valence-electron chi connectivity index (χ2n) is 5.94. The molecule has 0 aliphatic carbocycles. The minimum atomic E-state index is -0.507. The van der Waals surface area contributed by atoms with Crippen LogP contribution in [0, 0.1) is 13.8 Å². The van der Waals surface area contributed by atoms with E-state index in [1.54, 1.807) is 19.2 Å². The number of aryl methyl sites for hydroxylation is 2. The maximum Gasteiger partial charge on any atom is 0.338 e. The molecule has 5 nitrogen and oxygen atoms in total. The van der Waals surface area contributed by atoms with Crippen LogP contribution in [0.4, 0.5) is 0 Å². The van der Waals surface area contributed by atoms with E-state index in [1.165, 1.54) is 0 Å². The van der Waals surface area contributed by atoms with Gasteiger partial charge < -0.3 is 14.8 Å². The van der Waals surface area contributed by atoms with Crippen LogP contribution in [0.25, 0.3) is 0 Å². The molecule has 2 aromatic carbocycles. The Bertz CT molecular complexity index is 770. The Morgan fingerprint density at radius 3 is 2.52 bits per heavy atom. The van der Waals surface area contributed by atoms with E-state index in [0.29, 0.717) is 5.56 Å². The van der Waals surface area contributed by atoms with Gasteiger partial charge in [-0.15, -0.1) is 0 Å². The molecule has 25 heavy (non-hydrogen) atoms. The molecular weight excluding hydrogens is 318 g/mol. The Hall–Kier alpha value is -2.82. The molecule has 0 aromatic heterocycles. The van der Waals surface area contributed by atoms with E-state index < -0.39 is 5.97 Å². The van der Waals surface area contributed by atoms with Crippen LogP contribution in [0.5, 0.6) is 5.75 Å². The van der Waals surface area contributed by atoms with Crippen molar-refractivity contribution in [3.63, 3.8) is 0 Å². The van der Waals surface area contributed by atoms with Crippen molar-refractivity contribution in [3.8, 4) is 5.75 Å². The van der Waals surface area contributed by atoms with Gasteiger partial charge in [0.25, 0.3) is 5.91 Å². The number of ether oxygens (including phenoxy) is 2. The number of hydrogen-bond acceptors (Lipinski definition) is 4. The van der Waals surface area contributed by atoms with Gasteiger partial charge in [-0.25, -0.2) is 4.79 Å². The normalized spacial score (nSPS) is 11.5. The minimum absolute atomic E-state index is 0.220. The smallest absolute Gasteiger partial charge is 0.338 e. The third-order valence-corrected chi connectivity index (χ3v) is 4.05. The zero-order chi connectivity index (χ0) is 18.4. The Balaban J connectivity index is 1.89. The first-order valence-electron chi connectivity index (χ1n) is 8.08. The highest BCUT2D eigenvalue weighted by Gasteiger charge is 2.14. The fraction of sp³-hybridized carbons (Fsp3) is 0.300. The first-order chi connectivity index (χ1) is 11.9. The standard InChI is InChI=1S/C20H23NO4/c1-13-8-9-17(10-14(13)2)20(23)25-12-19(22)21-15(3)16-6-5-7-18(11-16)24-4/h5-11,15H,12H2,1-4H3,(H,21,22)/t15-/m0/s1. The third kappa shape index (κ3) is 5.08. The van der Waals surface area contributed by atoms with Crippen LogP contribution in [-0.4, -0.2) is 25.6 Å². The fourth-order valence-electron chi connectivity index (χ4n) is 2.36. The predicted molar refractivity (Wildman–Crippen MR) is 95.8 cm³/mol. The zero-order valence-electron chi connectivity index (χ0n) is 15.0. The van der Waals surface area contributed by atoms with Crippen molar-refractivity contribution in [1.29, 1.82) is 0 Å². The van der Waals surface area contributed by atoms with Crippen LogP contribution in [0.2, 0.25) is 0 Å². The van der Waals surface area contributed by atoms with Crippen LogP contribution in [0.15, 0.2) is 42.5 Å². The number of methoxy groups -OCH3 is 1. The molecule has 0 heterocycles. The van der Waals surface area contributed by atoms with Crippen LogP contribution >= 0.6 is 0 Å². The van der Waals surface area contributed by atoms with E-state index in [9.17, 15) is 9.59 Å². The molecule has 0 aliphatic rings. The van der Waals surface area contributed by atoms with Gasteiger partial charge in [-0.2, -0.15) is 0 Å². The van der Waals surface area contributed by atoms with E-state index in [-0.39, 0.29) is 18.6 Å². The number of nitrogens with one attached hydrogen (secondary N) is 1. The highest BCUT2D eigenvalue weighted by molar-refractivity contribution is 5.91. The molecule has 0 saturated heterocycles. The molecule has 0 unspecified atom stereocenters. The summed E-state index contributed by atoms with van der Waals surface area (Å²) < 4.78 is 10.3. The maximum atomic E-state index is 12.0. The van der Waals surface area contributed by atoms with Gasteiger partial charge in [0.1, 0.15) is 5.75 Å². The van der Waals surface area contributed by atoms with Gasteiger partial charge in [0.15, 0.2) is 6.61 Å². The lowest BCUT2D eigenvalue weighted by molar-refractivity contribution is -0.124. The Labute approximate surface area is 148 Å². The first kappa shape index (κ1) is 18.5. The van der Waals surface area contributed by atoms with E-state index in [0.717, 1.165) is 22.4 Å². The molecule has 0 aliphatic heterocycles. The summed E-state index contributed by atoms with van der Waals surface area (Å²) in [5, 5.41) is 2.80. The van der Waals surface area contributed by atoms with Crippen molar-refractivity contribution in [2.24, 2.45) is 0 Å². The van der Waals surface area contributed by atoms with Gasteiger partial charge in [-0.1, -0.05) is 18.2 Å². The molecule has 0 bridgehead atoms. The molecule has 5 heteroatoms. The van der Waals surface area contributed by atoms with Crippen LogP contribution in [0.3, 0.4) is 0 Å². The quantitative estimate of drug-likeness (QED) is 0.819. The van der Waals surface area contributed by atoms with Crippen molar-refractivity contribution < 1.29 is 19.1 Å². The highest BCUT2D eigenvalue weighted by Crippen LogP contribution is 2.18. The van der Waals surface area contributed by atoms with Crippen molar-refractivity contribution >= 4 is 11.9 Å². The number of rotatable bonds is 6. The fourth-order valence-corrected chi connectivity index (χ4v) is 2.36. The number of benzene rings is 2. The third-order valence-electron chi connectivity index (χ3n) is 4.05.